The molecule has 0 aromatic carbocycles. The third kappa shape index (κ3) is 1.93. The van der Waals surface area contributed by atoms with Crippen molar-refractivity contribution in [1.82, 2.24) is 0 Å². The van der Waals surface area contributed by atoms with Gasteiger partial charge in [0.15, 0.2) is 5.54 Å². The van der Waals surface area contributed by atoms with Crippen molar-refractivity contribution in [3.8, 4) is 0 Å². The maximum atomic E-state index is 10.2. The van der Waals surface area contributed by atoms with Crippen molar-refractivity contribution < 1.29 is 9.59 Å². The second kappa shape index (κ2) is 2.64. The lowest BCUT2D eigenvalue weighted by Crippen LogP contribution is -2.47. The van der Waals surface area contributed by atoms with Crippen LogP contribution in [0.3, 0.4) is 0 Å². The number of rotatable bonds is 2. The van der Waals surface area contributed by atoms with E-state index >= 15 is 0 Å². The Labute approximate surface area is 62.1 Å². The summed E-state index contributed by atoms with van der Waals surface area (Å²) < 4.78 is 0. The minimum absolute atomic E-state index is 0.956. The summed E-state index contributed by atoms with van der Waals surface area (Å²) in [5.41, 5.74) is 3.29. The molecular weight excluding hydrogens is 165 g/mol. The number of carbonyl (C=O) groups excluding carboxylic acids is 2. The molecule has 0 aliphatic heterocycles. The lowest BCUT2D eigenvalue weighted by atomic mass is 10.1. The zero-order valence-electron chi connectivity index (χ0n) is 4.65. The van der Waals surface area contributed by atoms with Crippen LogP contribution >= 0.6 is 23.2 Å². The van der Waals surface area contributed by atoms with Gasteiger partial charge in [0.05, 0.1) is 0 Å². The first-order chi connectivity index (χ1) is 3.89. The lowest BCUT2D eigenvalue weighted by molar-refractivity contribution is -0.124. The first-order valence-electron chi connectivity index (χ1n) is 2.07. The van der Waals surface area contributed by atoms with Gasteiger partial charge in [-0.25, -0.2) is 0 Å². The summed E-state index contributed by atoms with van der Waals surface area (Å²) in [5, 5.41) is -1.91. The molecule has 0 aliphatic carbocycles. The molecule has 0 saturated heterocycles. The molecule has 0 aromatic rings. The molecule has 0 atom stereocenters. The minimum atomic E-state index is -1.75. The number of hydrogen-bond acceptors (Lipinski definition) is 3. The number of carbonyl (C=O) groups is 2. The van der Waals surface area contributed by atoms with E-state index in [1.54, 1.807) is 0 Å². The van der Waals surface area contributed by atoms with Gasteiger partial charge in [-0.15, -0.1) is 0 Å². The van der Waals surface area contributed by atoms with Gasteiger partial charge in [-0.05, 0) is 30.1 Å². The lowest BCUT2D eigenvalue weighted by Gasteiger charge is -2.11. The molecule has 0 radical (unpaired) electrons. The number of halogens is 2. The van der Waals surface area contributed by atoms with Gasteiger partial charge in [-0.3, -0.25) is 9.59 Å². The Kier molecular flexibility index (Phi) is 2.61. The molecule has 0 fully saturated rings. The number of hydrogen-bond donors (Lipinski definition) is 1. The van der Waals surface area contributed by atoms with E-state index in [2.05, 4.69) is 0 Å². The van der Waals surface area contributed by atoms with Crippen LogP contribution in [0.2, 0.25) is 0 Å². The summed E-state index contributed by atoms with van der Waals surface area (Å²) in [7, 11) is 0. The summed E-state index contributed by atoms with van der Waals surface area (Å²) in [6.45, 7) is 1.15. The van der Waals surface area contributed by atoms with Crippen molar-refractivity contribution in [3.05, 3.63) is 0 Å². The zero-order valence-corrected chi connectivity index (χ0v) is 6.16. The van der Waals surface area contributed by atoms with Crippen molar-refractivity contribution >= 4 is 33.7 Å². The average molecular weight is 170 g/mol. The second-order valence-electron chi connectivity index (χ2n) is 1.75. The standard InChI is InChI=1S/C4H5Cl2NO2/c1-4(7,2(5)8)3(6)9/h7H2,1H3. The molecule has 9 heavy (non-hydrogen) atoms. The van der Waals surface area contributed by atoms with Gasteiger partial charge in [0.1, 0.15) is 0 Å². The van der Waals surface area contributed by atoms with E-state index in [1.165, 1.54) is 0 Å². The summed E-state index contributed by atoms with van der Waals surface area (Å²) >= 11 is 9.79. The molecule has 0 aliphatic rings. The maximum Gasteiger partial charge on any atom is 0.250 e. The molecule has 52 valence electrons. The van der Waals surface area contributed by atoms with Gasteiger partial charge in [0, 0.05) is 0 Å². The number of nitrogens with two attached hydrogens (primary N) is 1. The molecule has 0 amide bonds. The highest BCUT2D eigenvalue weighted by atomic mass is 35.5. The predicted molar refractivity (Wildman–Crippen MR) is 34.3 cm³/mol. The van der Waals surface area contributed by atoms with Crippen molar-refractivity contribution in [2.24, 2.45) is 5.73 Å². The van der Waals surface area contributed by atoms with Crippen LogP contribution in [0.4, 0.5) is 0 Å². The molecule has 3 nitrogen and oxygen atoms in total. The topological polar surface area (TPSA) is 60.2 Å². The van der Waals surface area contributed by atoms with Crippen LogP contribution in [0.5, 0.6) is 0 Å². The fourth-order valence-corrected chi connectivity index (χ4v) is 0.297. The fourth-order valence-electron chi connectivity index (χ4n) is 0.0773. The van der Waals surface area contributed by atoms with Crippen LogP contribution in [0.15, 0.2) is 0 Å². The van der Waals surface area contributed by atoms with Crippen LogP contribution in [0.25, 0.3) is 0 Å². The summed E-state index contributed by atoms with van der Waals surface area (Å²) in [6.07, 6.45) is 0. The molecule has 0 unspecified atom stereocenters. The van der Waals surface area contributed by atoms with Gasteiger partial charge in [-0.1, -0.05) is 0 Å². The molecule has 0 bridgehead atoms. The Morgan fingerprint density at radius 2 is 1.56 bits per heavy atom. The van der Waals surface area contributed by atoms with E-state index < -0.39 is 16.0 Å². The highest BCUT2D eigenvalue weighted by Gasteiger charge is 2.33. The summed E-state index contributed by atoms with van der Waals surface area (Å²) in [5.74, 6) is 0. The molecular formula is C4H5Cl2NO2. The second-order valence-corrected chi connectivity index (χ2v) is 2.44. The Balaban J connectivity index is 4.38. The highest BCUT2D eigenvalue weighted by molar-refractivity contribution is 6.76. The third-order valence-corrected chi connectivity index (χ3v) is 1.60. The Bertz CT molecular complexity index is 139. The largest absolute Gasteiger partial charge is 0.311 e. The first-order valence-corrected chi connectivity index (χ1v) is 2.83. The smallest absolute Gasteiger partial charge is 0.250 e. The summed E-state index contributed by atoms with van der Waals surface area (Å²) in [6, 6.07) is 0. The van der Waals surface area contributed by atoms with Crippen molar-refractivity contribution in [1.29, 1.82) is 0 Å². The fraction of sp³-hybridized carbons (Fsp3) is 0.500. The summed E-state index contributed by atoms with van der Waals surface area (Å²) in [4.78, 5) is 20.5. The Morgan fingerprint density at radius 1 is 1.33 bits per heavy atom. The van der Waals surface area contributed by atoms with Crippen molar-refractivity contribution in [2.45, 2.75) is 12.5 Å². The molecule has 0 rings (SSSR count). The van der Waals surface area contributed by atoms with Crippen LogP contribution in [-0.2, 0) is 9.59 Å². The van der Waals surface area contributed by atoms with E-state index in [1.807, 2.05) is 0 Å². The van der Waals surface area contributed by atoms with Crippen LogP contribution in [0, 0.1) is 0 Å². The van der Waals surface area contributed by atoms with Crippen LogP contribution < -0.4 is 5.73 Å². The van der Waals surface area contributed by atoms with Crippen molar-refractivity contribution in [2.75, 3.05) is 0 Å². The molecule has 5 heteroatoms. The molecule has 0 aromatic heterocycles. The average Bonchev–Trinajstić information content (AvgIpc) is 1.65. The van der Waals surface area contributed by atoms with Gasteiger partial charge < -0.3 is 5.73 Å². The monoisotopic (exact) mass is 169 g/mol. The molecule has 0 saturated carbocycles. The van der Waals surface area contributed by atoms with Crippen LogP contribution in [0.1, 0.15) is 6.92 Å². The van der Waals surface area contributed by atoms with E-state index in [9.17, 15) is 9.59 Å². The minimum Gasteiger partial charge on any atom is -0.311 e. The SMILES string of the molecule is CC(N)(C(=O)Cl)C(=O)Cl. The predicted octanol–water partition coefficient (Wildman–Crippen LogP) is 0.235. The van der Waals surface area contributed by atoms with Gasteiger partial charge in [-0.2, -0.15) is 0 Å². The van der Waals surface area contributed by atoms with Gasteiger partial charge in [0.2, 0.25) is 10.5 Å². The third-order valence-electron chi connectivity index (χ3n) is 0.817. The maximum absolute atomic E-state index is 10.2. The van der Waals surface area contributed by atoms with E-state index in [-0.39, 0.29) is 0 Å². The van der Waals surface area contributed by atoms with Crippen LogP contribution in [-0.4, -0.2) is 16.0 Å². The molecule has 0 spiro atoms. The zero-order chi connectivity index (χ0) is 7.65. The highest BCUT2D eigenvalue weighted by Crippen LogP contribution is 2.07. The molecule has 0 heterocycles. The Morgan fingerprint density at radius 3 is 1.56 bits per heavy atom. The molecule has 2 N–H and O–H groups in total. The van der Waals surface area contributed by atoms with Gasteiger partial charge >= 0.3 is 0 Å². The van der Waals surface area contributed by atoms with E-state index in [4.69, 9.17) is 28.9 Å². The van der Waals surface area contributed by atoms with E-state index in [0.29, 0.717) is 0 Å². The Hall–Kier alpha value is -0.120. The van der Waals surface area contributed by atoms with Crippen molar-refractivity contribution in [3.63, 3.8) is 0 Å². The van der Waals surface area contributed by atoms with E-state index in [0.717, 1.165) is 6.92 Å². The normalized spacial score (nSPS) is 11.1. The van der Waals surface area contributed by atoms with Gasteiger partial charge in [0.25, 0.3) is 0 Å². The first kappa shape index (κ1) is 8.88. The quantitative estimate of drug-likeness (QED) is 0.476.